The standard InChI is InChI=1S/C12H13F3OS/c13-12(14,15)9-5-3-8(4-6-9)11(16)10-2-1-7-17-10/h3-6,10-11,16H,1-2,7H2. The van der Waals surface area contributed by atoms with Crippen LogP contribution in [0.15, 0.2) is 24.3 Å². The molecule has 5 heteroatoms. The van der Waals surface area contributed by atoms with Crippen molar-refractivity contribution in [3.8, 4) is 0 Å². The first-order valence-corrected chi connectivity index (χ1v) is 6.50. The van der Waals surface area contributed by atoms with E-state index in [1.165, 1.54) is 12.1 Å². The molecule has 2 rings (SSSR count). The average Bonchev–Trinajstić information content (AvgIpc) is 2.80. The first-order valence-electron chi connectivity index (χ1n) is 5.45. The summed E-state index contributed by atoms with van der Waals surface area (Å²) >= 11 is 1.68. The van der Waals surface area contributed by atoms with Gasteiger partial charge in [-0.05, 0) is 36.3 Å². The Kier molecular flexibility index (Phi) is 3.68. The van der Waals surface area contributed by atoms with E-state index >= 15 is 0 Å². The highest BCUT2D eigenvalue weighted by atomic mass is 32.2. The van der Waals surface area contributed by atoms with Gasteiger partial charge < -0.3 is 5.11 Å². The Bertz CT molecular complexity index is 368. The third-order valence-corrected chi connectivity index (χ3v) is 4.34. The fourth-order valence-electron chi connectivity index (χ4n) is 1.94. The lowest BCUT2D eigenvalue weighted by molar-refractivity contribution is -0.137. The maximum atomic E-state index is 12.4. The van der Waals surface area contributed by atoms with Crippen LogP contribution >= 0.6 is 11.8 Å². The molecule has 1 fully saturated rings. The van der Waals surface area contributed by atoms with E-state index in [9.17, 15) is 18.3 Å². The van der Waals surface area contributed by atoms with Crippen molar-refractivity contribution in [2.24, 2.45) is 0 Å². The van der Waals surface area contributed by atoms with Crippen LogP contribution in [0.4, 0.5) is 13.2 Å². The molecular formula is C12H13F3OS. The maximum absolute atomic E-state index is 12.4. The summed E-state index contributed by atoms with van der Waals surface area (Å²) in [4.78, 5) is 0. The van der Waals surface area contributed by atoms with Gasteiger partial charge in [-0.2, -0.15) is 24.9 Å². The van der Waals surface area contributed by atoms with Gasteiger partial charge in [-0.25, -0.2) is 0 Å². The van der Waals surface area contributed by atoms with Crippen LogP contribution in [-0.2, 0) is 6.18 Å². The van der Waals surface area contributed by atoms with Crippen LogP contribution < -0.4 is 0 Å². The fourth-order valence-corrected chi connectivity index (χ4v) is 3.24. The van der Waals surface area contributed by atoms with Gasteiger partial charge in [-0.15, -0.1) is 0 Å². The number of aliphatic hydroxyl groups excluding tert-OH is 1. The summed E-state index contributed by atoms with van der Waals surface area (Å²) in [6.07, 6.45) is -2.99. The van der Waals surface area contributed by atoms with Gasteiger partial charge in [-0.1, -0.05) is 12.1 Å². The molecule has 1 aliphatic rings. The number of benzene rings is 1. The Morgan fingerprint density at radius 2 is 1.88 bits per heavy atom. The molecule has 1 N–H and O–H groups in total. The second-order valence-electron chi connectivity index (χ2n) is 4.12. The molecule has 2 unspecified atom stereocenters. The predicted octanol–water partition coefficient (Wildman–Crippen LogP) is 3.63. The lowest BCUT2D eigenvalue weighted by Crippen LogP contribution is -2.12. The zero-order valence-corrected chi connectivity index (χ0v) is 9.89. The Morgan fingerprint density at radius 1 is 1.24 bits per heavy atom. The van der Waals surface area contributed by atoms with Crippen LogP contribution in [0.2, 0.25) is 0 Å². The van der Waals surface area contributed by atoms with Crippen LogP contribution in [0.3, 0.4) is 0 Å². The van der Waals surface area contributed by atoms with Gasteiger partial charge in [0.15, 0.2) is 0 Å². The van der Waals surface area contributed by atoms with E-state index < -0.39 is 17.8 Å². The van der Waals surface area contributed by atoms with Crippen LogP contribution in [0.1, 0.15) is 30.1 Å². The van der Waals surface area contributed by atoms with Crippen molar-refractivity contribution in [3.63, 3.8) is 0 Å². The predicted molar refractivity (Wildman–Crippen MR) is 61.9 cm³/mol. The topological polar surface area (TPSA) is 20.2 Å². The lowest BCUT2D eigenvalue weighted by Gasteiger charge is -2.18. The summed E-state index contributed by atoms with van der Waals surface area (Å²) < 4.78 is 37.1. The highest BCUT2D eigenvalue weighted by Gasteiger charge is 2.31. The van der Waals surface area contributed by atoms with Crippen molar-refractivity contribution in [2.45, 2.75) is 30.4 Å². The van der Waals surface area contributed by atoms with E-state index in [0.717, 1.165) is 30.7 Å². The van der Waals surface area contributed by atoms with Gasteiger partial charge in [0.05, 0.1) is 11.7 Å². The molecular weight excluding hydrogens is 249 g/mol. The molecule has 0 spiro atoms. The van der Waals surface area contributed by atoms with Crippen molar-refractivity contribution in [1.29, 1.82) is 0 Å². The number of hydrogen-bond donors (Lipinski definition) is 1. The highest BCUT2D eigenvalue weighted by molar-refractivity contribution is 8.00. The number of thioether (sulfide) groups is 1. The molecule has 0 saturated carbocycles. The van der Waals surface area contributed by atoms with Crippen LogP contribution in [0, 0.1) is 0 Å². The van der Waals surface area contributed by atoms with Crippen LogP contribution in [0.5, 0.6) is 0 Å². The molecule has 1 nitrogen and oxygen atoms in total. The quantitative estimate of drug-likeness (QED) is 0.878. The second-order valence-corrected chi connectivity index (χ2v) is 5.46. The number of halogens is 3. The summed E-state index contributed by atoms with van der Waals surface area (Å²) in [5.74, 6) is 1.02. The molecule has 1 saturated heterocycles. The van der Waals surface area contributed by atoms with E-state index in [1.54, 1.807) is 11.8 Å². The van der Waals surface area contributed by atoms with Crippen molar-refractivity contribution in [2.75, 3.05) is 5.75 Å². The molecule has 0 radical (unpaired) electrons. The van der Waals surface area contributed by atoms with Gasteiger partial charge in [0.25, 0.3) is 0 Å². The summed E-state index contributed by atoms with van der Waals surface area (Å²) in [6.45, 7) is 0. The summed E-state index contributed by atoms with van der Waals surface area (Å²) in [7, 11) is 0. The minimum atomic E-state index is -4.31. The van der Waals surface area contributed by atoms with E-state index in [-0.39, 0.29) is 5.25 Å². The molecule has 1 aromatic carbocycles. The van der Waals surface area contributed by atoms with Gasteiger partial charge in [0.2, 0.25) is 0 Å². The van der Waals surface area contributed by atoms with Crippen molar-refractivity contribution in [1.82, 2.24) is 0 Å². The minimum absolute atomic E-state index is 0.117. The van der Waals surface area contributed by atoms with E-state index in [4.69, 9.17) is 0 Å². The Labute approximate surface area is 102 Å². The van der Waals surface area contributed by atoms with Gasteiger partial charge in [0, 0.05) is 5.25 Å². The molecule has 2 atom stereocenters. The van der Waals surface area contributed by atoms with E-state index in [0.29, 0.717) is 5.56 Å². The monoisotopic (exact) mass is 262 g/mol. The van der Waals surface area contributed by atoms with Crippen molar-refractivity contribution in [3.05, 3.63) is 35.4 Å². The first kappa shape index (κ1) is 12.8. The van der Waals surface area contributed by atoms with E-state index in [1.807, 2.05) is 0 Å². The third kappa shape index (κ3) is 2.96. The number of rotatable bonds is 2. The first-order chi connectivity index (χ1) is 7.98. The fraction of sp³-hybridized carbons (Fsp3) is 0.500. The van der Waals surface area contributed by atoms with Crippen molar-refractivity contribution < 1.29 is 18.3 Å². The zero-order chi connectivity index (χ0) is 12.5. The van der Waals surface area contributed by atoms with Crippen LogP contribution in [0.25, 0.3) is 0 Å². The van der Waals surface area contributed by atoms with Gasteiger partial charge in [-0.3, -0.25) is 0 Å². The Hall–Kier alpha value is -0.680. The molecule has 0 bridgehead atoms. The second kappa shape index (κ2) is 4.90. The molecule has 1 aliphatic heterocycles. The third-order valence-electron chi connectivity index (χ3n) is 2.90. The molecule has 0 aliphatic carbocycles. The largest absolute Gasteiger partial charge is 0.416 e. The van der Waals surface area contributed by atoms with Gasteiger partial charge >= 0.3 is 6.18 Å². The lowest BCUT2D eigenvalue weighted by atomic mass is 10.0. The minimum Gasteiger partial charge on any atom is -0.387 e. The number of alkyl halides is 3. The maximum Gasteiger partial charge on any atom is 0.416 e. The zero-order valence-electron chi connectivity index (χ0n) is 9.07. The normalized spacial score (nSPS) is 22.7. The summed E-state index contributed by atoms with van der Waals surface area (Å²) in [5.41, 5.74) is -0.107. The van der Waals surface area contributed by atoms with E-state index in [2.05, 4.69) is 0 Å². The molecule has 0 amide bonds. The van der Waals surface area contributed by atoms with Gasteiger partial charge in [0.1, 0.15) is 0 Å². The average molecular weight is 262 g/mol. The highest BCUT2D eigenvalue weighted by Crippen LogP contribution is 2.37. The molecule has 0 aromatic heterocycles. The Morgan fingerprint density at radius 3 is 2.35 bits per heavy atom. The molecule has 1 aromatic rings. The number of hydrogen-bond acceptors (Lipinski definition) is 2. The molecule has 1 heterocycles. The molecule has 17 heavy (non-hydrogen) atoms. The number of aliphatic hydroxyl groups is 1. The smallest absolute Gasteiger partial charge is 0.387 e. The van der Waals surface area contributed by atoms with Crippen molar-refractivity contribution >= 4 is 11.8 Å². The summed E-state index contributed by atoms with van der Waals surface area (Å²) in [5, 5.41) is 10.1. The Balaban J connectivity index is 2.12. The summed E-state index contributed by atoms with van der Waals surface area (Å²) in [6, 6.07) is 4.79. The van der Waals surface area contributed by atoms with Crippen LogP contribution in [-0.4, -0.2) is 16.1 Å². The molecule has 94 valence electrons. The SMILES string of the molecule is OC(c1ccc(C(F)(F)F)cc1)C1CCCS1.